The number of piperidine rings is 1. The van der Waals surface area contributed by atoms with E-state index in [1.807, 2.05) is 10.8 Å². The average Bonchev–Trinajstić information content (AvgIpc) is 2.81. The van der Waals surface area contributed by atoms with Crippen LogP contribution in [0.5, 0.6) is 0 Å². The fourth-order valence-electron chi connectivity index (χ4n) is 2.23. The van der Waals surface area contributed by atoms with E-state index in [2.05, 4.69) is 0 Å². The second kappa shape index (κ2) is 5.31. The quantitative estimate of drug-likeness (QED) is 0.898. The van der Waals surface area contributed by atoms with Crippen molar-refractivity contribution in [2.24, 2.45) is 0 Å². The molecule has 0 saturated carbocycles. The summed E-state index contributed by atoms with van der Waals surface area (Å²) in [5.74, 6) is -0.864. The lowest BCUT2D eigenvalue weighted by Gasteiger charge is -2.34. The van der Waals surface area contributed by atoms with Crippen LogP contribution in [0.3, 0.4) is 0 Å². The van der Waals surface area contributed by atoms with Crippen LogP contribution in [0.4, 0.5) is 0 Å². The number of likely N-dealkylation sites (tertiary alicyclic amines) is 1. The number of hydrogen-bond acceptors (Lipinski definition) is 3. The molecule has 1 saturated heterocycles. The number of rotatable bonds is 3. The van der Waals surface area contributed by atoms with E-state index < -0.39 is 5.97 Å². The van der Waals surface area contributed by atoms with Crippen LogP contribution in [0.2, 0.25) is 0 Å². The Morgan fingerprint density at radius 3 is 2.94 bits per heavy atom. The third-order valence-corrected chi connectivity index (χ3v) is 3.75. The molecule has 0 aromatic carbocycles. The lowest BCUT2D eigenvalue weighted by molar-refractivity contribution is -0.138. The third-order valence-electron chi connectivity index (χ3n) is 3.07. The van der Waals surface area contributed by atoms with Gasteiger partial charge in [-0.1, -0.05) is 0 Å². The molecule has 1 aromatic heterocycles. The van der Waals surface area contributed by atoms with Crippen LogP contribution in [-0.2, 0) is 4.79 Å². The van der Waals surface area contributed by atoms with Crippen molar-refractivity contribution in [1.82, 2.24) is 4.90 Å². The summed E-state index contributed by atoms with van der Waals surface area (Å²) in [7, 11) is 0. The topological polar surface area (TPSA) is 57.6 Å². The summed E-state index contributed by atoms with van der Waals surface area (Å²) in [6.07, 6.45) is 2.81. The van der Waals surface area contributed by atoms with Crippen LogP contribution in [0.15, 0.2) is 16.8 Å². The average molecular weight is 253 g/mol. The number of carbonyl (C=O) groups excluding carboxylic acids is 1. The molecule has 1 atom stereocenters. The van der Waals surface area contributed by atoms with Gasteiger partial charge in [-0.2, -0.15) is 11.3 Å². The molecule has 1 unspecified atom stereocenters. The Morgan fingerprint density at radius 1 is 1.47 bits per heavy atom. The number of carboxylic acids is 1. The minimum absolute atomic E-state index is 0.0304. The van der Waals surface area contributed by atoms with E-state index in [0.29, 0.717) is 12.1 Å². The molecule has 2 heterocycles. The number of amides is 1. The first-order chi connectivity index (χ1) is 8.18. The zero-order valence-corrected chi connectivity index (χ0v) is 10.3. The van der Waals surface area contributed by atoms with Crippen LogP contribution in [0, 0.1) is 0 Å². The number of carbonyl (C=O) groups is 2. The molecule has 0 bridgehead atoms. The lowest BCUT2D eigenvalue weighted by Crippen LogP contribution is -2.44. The number of thiophene rings is 1. The largest absolute Gasteiger partial charge is 0.481 e. The van der Waals surface area contributed by atoms with Gasteiger partial charge in [-0.25, -0.2) is 0 Å². The van der Waals surface area contributed by atoms with Gasteiger partial charge in [0.2, 0.25) is 0 Å². The van der Waals surface area contributed by atoms with Crippen molar-refractivity contribution in [2.75, 3.05) is 6.54 Å². The minimum Gasteiger partial charge on any atom is -0.481 e. The Morgan fingerprint density at radius 2 is 2.29 bits per heavy atom. The van der Waals surface area contributed by atoms with Gasteiger partial charge < -0.3 is 10.0 Å². The van der Waals surface area contributed by atoms with Gasteiger partial charge in [-0.3, -0.25) is 9.59 Å². The summed E-state index contributed by atoms with van der Waals surface area (Å²) in [5, 5.41) is 12.5. The van der Waals surface area contributed by atoms with Crippen LogP contribution in [0.25, 0.3) is 0 Å². The second-order valence-electron chi connectivity index (χ2n) is 4.26. The van der Waals surface area contributed by atoms with Crippen LogP contribution in [0.1, 0.15) is 36.0 Å². The summed E-state index contributed by atoms with van der Waals surface area (Å²) < 4.78 is 0. The van der Waals surface area contributed by atoms with Crippen molar-refractivity contribution in [1.29, 1.82) is 0 Å². The Kier molecular flexibility index (Phi) is 3.78. The maximum Gasteiger partial charge on any atom is 0.305 e. The predicted octanol–water partition coefficient (Wildman–Crippen LogP) is 2.22. The molecule has 1 N–H and O–H groups in total. The molecule has 5 heteroatoms. The van der Waals surface area contributed by atoms with Gasteiger partial charge in [0.05, 0.1) is 12.0 Å². The third kappa shape index (κ3) is 2.85. The highest BCUT2D eigenvalue weighted by atomic mass is 32.1. The normalized spacial score (nSPS) is 20.2. The molecular formula is C12H15NO3S. The van der Waals surface area contributed by atoms with Crippen molar-refractivity contribution in [3.63, 3.8) is 0 Å². The highest BCUT2D eigenvalue weighted by Crippen LogP contribution is 2.22. The van der Waals surface area contributed by atoms with Gasteiger partial charge in [-0.15, -0.1) is 0 Å². The van der Waals surface area contributed by atoms with Gasteiger partial charge in [0, 0.05) is 18.0 Å². The van der Waals surface area contributed by atoms with Crippen molar-refractivity contribution in [3.8, 4) is 0 Å². The monoisotopic (exact) mass is 253 g/mol. The molecule has 2 rings (SSSR count). The maximum absolute atomic E-state index is 12.2. The highest BCUT2D eigenvalue weighted by molar-refractivity contribution is 7.08. The minimum atomic E-state index is -0.833. The van der Waals surface area contributed by atoms with Gasteiger partial charge in [-0.05, 0) is 30.7 Å². The number of hydrogen-bond donors (Lipinski definition) is 1. The smallest absolute Gasteiger partial charge is 0.305 e. The van der Waals surface area contributed by atoms with E-state index >= 15 is 0 Å². The molecule has 1 amide bonds. The molecular weight excluding hydrogens is 238 g/mol. The number of nitrogens with zero attached hydrogens (tertiary/aromatic N) is 1. The second-order valence-corrected chi connectivity index (χ2v) is 5.04. The van der Waals surface area contributed by atoms with Crippen LogP contribution >= 0.6 is 11.3 Å². The zero-order valence-electron chi connectivity index (χ0n) is 9.46. The summed E-state index contributed by atoms with van der Waals surface area (Å²) in [6.45, 7) is 0.673. The lowest BCUT2D eigenvalue weighted by atomic mass is 9.98. The van der Waals surface area contributed by atoms with Gasteiger partial charge >= 0.3 is 5.97 Å². The first-order valence-electron chi connectivity index (χ1n) is 5.73. The fraction of sp³-hybridized carbons (Fsp3) is 0.500. The molecule has 1 aromatic rings. The van der Waals surface area contributed by atoms with Gasteiger partial charge in [0.15, 0.2) is 0 Å². The van der Waals surface area contributed by atoms with E-state index in [0.717, 1.165) is 19.3 Å². The first kappa shape index (κ1) is 12.1. The highest BCUT2D eigenvalue weighted by Gasteiger charge is 2.29. The molecule has 1 aliphatic heterocycles. The molecule has 92 valence electrons. The Balaban J connectivity index is 2.10. The standard InChI is InChI=1S/C12H15NO3S/c14-11(15)7-10-3-1-2-5-13(10)12(16)9-4-6-17-8-9/h4,6,8,10H,1-3,5,7H2,(H,14,15). The SMILES string of the molecule is O=C(O)CC1CCCCN1C(=O)c1ccsc1. The van der Waals surface area contributed by atoms with Gasteiger partial charge in [0.25, 0.3) is 5.91 Å². The molecule has 0 radical (unpaired) electrons. The van der Waals surface area contributed by atoms with Crippen molar-refractivity contribution < 1.29 is 14.7 Å². The number of carboxylic acid groups (broad SMARTS) is 1. The van der Waals surface area contributed by atoms with Crippen molar-refractivity contribution in [2.45, 2.75) is 31.7 Å². The van der Waals surface area contributed by atoms with E-state index in [1.54, 1.807) is 11.0 Å². The summed E-state index contributed by atoms with van der Waals surface area (Å²) >= 11 is 1.48. The van der Waals surface area contributed by atoms with Crippen molar-refractivity contribution >= 4 is 23.2 Å². The maximum atomic E-state index is 12.2. The van der Waals surface area contributed by atoms with E-state index in [-0.39, 0.29) is 18.4 Å². The van der Waals surface area contributed by atoms with Crippen LogP contribution < -0.4 is 0 Å². The Labute approximate surface area is 104 Å². The predicted molar refractivity (Wildman–Crippen MR) is 65.2 cm³/mol. The fourth-order valence-corrected chi connectivity index (χ4v) is 2.86. The molecule has 0 spiro atoms. The summed E-state index contributed by atoms with van der Waals surface area (Å²) in [4.78, 5) is 24.7. The molecule has 4 nitrogen and oxygen atoms in total. The van der Waals surface area contributed by atoms with E-state index in [4.69, 9.17) is 5.11 Å². The number of aliphatic carboxylic acids is 1. The Bertz CT molecular complexity index is 402. The summed E-state index contributed by atoms with van der Waals surface area (Å²) in [5.41, 5.74) is 0.673. The van der Waals surface area contributed by atoms with E-state index in [1.165, 1.54) is 11.3 Å². The summed E-state index contributed by atoms with van der Waals surface area (Å²) in [6, 6.07) is 1.65. The van der Waals surface area contributed by atoms with Crippen molar-refractivity contribution in [3.05, 3.63) is 22.4 Å². The molecule has 17 heavy (non-hydrogen) atoms. The zero-order chi connectivity index (χ0) is 12.3. The van der Waals surface area contributed by atoms with Gasteiger partial charge in [0.1, 0.15) is 0 Å². The first-order valence-corrected chi connectivity index (χ1v) is 6.67. The van der Waals surface area contributed by atoms with E-state index in [9.17, 15) is 9.59 Å². The molecule has 1 fully saturated rings. The molecule has 1 aliphatic rings. The molecule has 0 aliphatic carbocycles. The Hall–Kier alpha value is -1.36. The van der Waals surface area contributed by atoms with Crippen LogP contribution in [-0.4, -0.2) is 34.5 Å².